The Morgan fingerprint density at radius 2 is 2.15 bits per heavy atom. The van der Waals surface area contributed by atoms with Gasteiger partial charge in [-0.1, -0.05) is 6.92 Å². The summed E-state index contributed by atoms with van der Waals surface area (Å²) in [4.78, 5) is 15.2. The minimum atomic E-state index is -0.281. The van der Waals surface area contributed by atoms with Crippen LogP contribution in [0.1, 0.15) is 30.6 Å². The van der Waals surface area contributed by atoms with E-state index in [-0.39, 0.29) is 12.1 Å². The second-order valence-electron chi connectivity index (χ2n) is 2.86. The number of ether oxygens (including phenoxy) is 1. The number of pyridine rings is 1. The predicted octanol–water partition coefficient (Wildman–Crippen LogP) is 2.04. The molecule has 0 spiro atoms. The number of esters is 1. The summed E-state index contributed by atoms with van der Waals surface area (Å²) in [5.74, 6) is -0.281. The van der Waals surface area contributed by atoms with E-state index in [1.54, 1.807) is 24.5 Å². The van der Waals surface area contributed by atoms with Crippen LogP contribution in [0.15, 0.2) is 24.5 Å². The van der Waals surface area contributed by atoms with Gasteiger partial charge in [-0.3, -0.25) is 4.98 Å². The van der Waals surface area contributed by atoms with Gasteiger partial charge in [-0.2, -0.15) is 0 Å². The summed E-state index contributed by atoms with van der Waals surface area (Å²) in [5, 5.41) is 0. The van der Waals surface area contributed by atoms with E-state index in [4.69, 9.17) is 4.74 Å². The SMILES string of the molecule is CCC(C)OC(=O)c1ccncc1. The molecule has 0 aliphatic carbocycles. The first-order valence-electron chi connectivity index (χ1n) is 4.35. The Bertz CT molecular complexity index is 272. The van der Waals surface area contributed by atoms with Crippen LogP contribution < -0.4 is 0 Å². The molecule has 1 aromatic rings. The van der Waals surface area contributed by atoms with Gasteiger partial charge in [0.25, 0.3) is 0 Å². The Labute approximate surface area is 77.8 Å². The molecule has 1 rings (SSSR count). The minimum Gasteiger partial charge on any atom is -0.459 e. The molecule has 1 atom stereocenters. The van der Waals surface area contributed by atoms with Gasteiger partial charge >= 0.3 is 5.97 Å². The van der Waals surface area contributed by atoms with Gasteiger partial charge in [-0.15, -0.1) is 0 Å². The highest BCUT2D eigenvalue weighted by Crippen LogP contribution is 2.04. The number of hydrogen-bond acceptors (Lipinski definition) is 3. The van der Waals surface area contributed by atoms with E-state index < -0.39 is 0 Å². The van der Waals surface area contributed by atoms with Crippen molar-refractivity contribution in [2.45, 2.75) is 26.4 Å². The summed E-state index contributed by atoms with van der Waals surface area (Å²) in [6.45, 7) is 3.85. The molecule has 0 saturated carbocycles. The van der Waals surface area contributed by atoms with Gasteiger partial charge in [-0.05, 0) is 25.5 Å². The number of aromatic nitrogens is 1. The zero-order valence-electron chi connectivity index (χ0n) is 7.86. The summed E-state index contributed by atoms with van der Waals surface area (Å²) in [6.07, 6.45) is 3.96. The monoisotopic (exact) mass is 179 g/mol. The third kappa shape index (κ3) is 2.86. The summed E-state index contributed by atoms with van der Waals surface area (Å²) >= 11 is 0. The molecule has 13 heavy (non-hydrogen) atoms. The molecule has 1 unspecified atom stereocenters. The normalized spacial score (nSPS) is 12.2. The van der Waals surface area contributed by atoms with Crippen LogP contribution in [0.4, 0.5) is 0 Å². The maximum Gasteiger partial charge on any atom is 0.338 e. The van der Waals surface area contributed by atoms with Crippen LogP contribution in [0.5, 0.6) is 0 Å². The maximum absolute atomic E-state index is 11.4. The fourth-order valence-electron chi connectivity index (χ4n) is 0.822. The molecule has 0 aliphatic rings. The van der Waals surface area contributed by atoms with Crippen LogP contribution in [0.3, 0.4) is 0 Å². The molecular weight excluding hydrogens is 166 g/mol. The molecule has 0 saturated heterocycles. The third-order valence-corrected chi connectivity index (χ3v) is 1.80. The first kappa shape index (κ1) is 9.71. The minimum absolute atomic E-state index is 0.0272. The quantitative estimate of drug-likeness (QED) is 0.666. The molecule has 0 aliphatic heterocycles. The summed E-state index contributed by atoms with van der Waals surface area (Å²) in [6, 6.07) is 3.29. The van der Waals surface area contributed by atoms with Crippen molar-refractivity contribution >= 4 is 5.97 Å². The highest BCUT2D eigenvalue weighted by atomic mass is 16.5. The fourth-order valence-corrected chi connectivity index (χ4v) is 0.822. The van der Waals surface area contributed by atoms with Gasteiger partial charge in [0.2, 0.25) is 0 Å². The molecule has 3 nitrogen and oxygen atoms in total. The molecule has 0 bridgehead atoms. The predicted molar refractivity (Wildman–Crippen MR) is 49.4 cm³/mol. The van der Waals surface area contributed by atoms with Gasteiger partial charge in [0.15, 0.2) is 0 Å². The van der Waals surface area contributed by atoms with E-state index in [0.717, 1.165) is 6.42 Å². The lowest BCUT2D eigenvalue weighted by atomic mass is 10.2. The van der Waals surface area contributed by atoms with Crippen LogP contribution >= 0.6 is 0 Å². The zero-order chi connectivity index (χ0) is 9.68. The van der Waals surface area contributed by atoms with Crippen molar-refractivity contribution in [1.29, 1.82) is 0 Å². The number of nitrogens with zero attached hydrogens (tertiary/aromatic N) is 1. The summed E-state index contributed by atoms with van der Waals surface area (Å²) < 4.78 is 5.12. The molecule has 1 aromatic heterocycles. The van der Waals surface area contributed by atoms with Crippen molar-refractivity contribution < 1.29 is 9.53 Å². The van der Waals surface area contributed by atoms with Crippen molar-refractivity contribution in [3.8, 4) is 0 Å². The van der Waals surface area contributed by atoms with Crippen molar-refractivity contribution in [2.75, 3.05) is 0 Å². The standard InChI is InChI=1S/C10H13NO2/c1-3-8(2)13-10(12)9-4-6-11-7-5-9/h4-8H,3H2,1-2H3. The van der Waals surface area contributed by atoms with Crippen molar-refractivity contribution in [2.24, 2.45) is 0 Å². The average molecular weight is 179 g/mol. The molecule has 0 N–H and O–H groups in total. The summed E-state index contributed by atoms with van der Waals surface area (Å²) in [7, 11) is 0. The molecule has 3 heteroatoms. The lowest BCUT2D eigenvalue weighted by molar-refractivity contribution is 0.0334. The Morgan fingerprint density at radius 1 is 1.54 bits per heavy atom. The van der Waals surface area contributed by atoms with Crippen LogP contribution in [0, 0.1) is 0 Å². The third-order valence-electron chi connectivity index (χ3n) is 1.80. The van der Waals surface area contributed by atoms with Gasteiger partial charge in [0.05, 0.1) is 11.7 Å². The average Bonchev–Trinajstić information content (AvgIpc) is 2.19. The molecule has 0 aromatic carbocycles. The van der Waals surface area contributed by atoms with Crippen LogP contribution in [-0.2, 0) is 4.74 Å². The number of carbonyl (C=O) groups excluding carboxylic acids is 1. The van der Waals surface area contributed by atoms with E-state index in [2.05, 4.69) is 4.98 Å². The first-order valence-corrected chi connectivity index (χ1v) is 4.35. The summed E-state index contributed by atoms with van der Waals surface area (Å²) in [5.41, 5.74) is 0.551. The lowest BCUT2D eigenvalue weighted by Gasteiger charge is -2.09. The number of hydrogen-bond donors (Lipinski definition) is 0. The molecule has 70 valence electrons. The van der Waals surface area contributed by atoms with Gasteiger partial charge < -0.3 is 4.74 Å². The zero-order valence-corrected chi connectivity index (χ0v) is 7.86. The smallest absolute Gasteiger partial charge is 0.338 e. The second kappa shape index (κ2) is 4.60. The van der Waals surface area contributed by atoms with Gasteiger partial charge in [0, 0.05) is 12.4 Å². The number of carbonyl (C=O) groups is 1. The van der Waals surface area contributed by atoms with Gasteiger partial charge in [-0.25, -0.2) is 4.79 Å². The molecule has 0 fully saturated rings. The van der Waals surface area contributed by atoms with Gasteiger partial charge in [0.1, 0.15) is 0 Å². The first-order chi connectivity index (χ1) is 6.24. The Kier molecular flexibility index (Phi) is 3.43. The van der Waals surface area contributed by atoms with Crippen molar-refractivity contribution in [3.63, 3.8) is 0 Å². The van der Waals surface area contributed by atoms with E-state index in [0.29, 0.717) is 5.56 Å². The fraction of sp³-hybridized carbons (Fsp3) is 0.400. The number of rotatable bonds is 3. The van der Waals surface area contributed by atoms with E-state index in [1.807, 2.05) is 13.8 Å². The van der Waals surface area contributed by atoms with E-state index in [9.17, 15) is 4.79 Å². The van der Waals surface area contributed by atoms with Crippen LogP contribution in [-0.4, -0.2) is 17.1 Å². The Morgan fingerprint density at radius 3 is 2.69 bits per heavy atom. The topological polar surface area (TPSA) is 39.2 Å². The van der Waals surface area contributed by atoms with E-state index >= 15 is 0 Å². The highest BCUT2D eigenvalue weighted by molar-refractivity contribution is 5.89. The highest BCUT2D eigenvalue weighted by Gasteiger charge is 2.09. The van der Waals surface area contributed by atoms with E-state index in [1.165, 1.54) is 0 Å². The Balaban J connectivity index is 2.59. The molecule has 1 heterocycles. The second-order valence-corrected chi connectivity index (χ2v) is 2.86. The lowest BCUT2D eigenvalue weighted by Crippen LogP contribution is -2.13. The molecular formula is C10H13NO2. The van der Waals surface area contributed by atoms with Crippen molar-refractivity contribution in [1.82, 2.24) is 4.98 Å². The molecule has 0 radical (unpaired) electrons. The molecule has 0 amide bonds. The van der Waals surface area contributed by atoms with Crippen LogP contribution in [0.2, 0.25) is 0 Å². The van der Waals surface area contributed by atoms with Crippen molar-refractivity contribution in [3.05, 3.63) is 30.1 Å². The Hall–Kier alpha value is -1.38. The maximum atomic E-state index is 11.4. The largest absolute Gasteiger partial charge is 0.459 e. The van der Waals surface area contributed by atoms with Crippen LogP contribution in [0.25, 0.3) is 0 Å².